The molecular weight excluding hydrogens is 287 g/mol. The summed E-state index contributed by atoms with van der Waals surface area (Å²) in [5.41, 5.74) is -1.36. The van der Waals surface area contributed by atoms with E-state index in [1.807, 2.05) is 6.92 Å². The lowest BCUT2D eigenvalue weighted by Gasteiger charge is -2.11. The molecule has 0 atom stereocenters. The van der Waals surface area contributed by atoms with E-state index in [1.165, 1.54) is 18.5 Å². The first kappa shape index (κ1) is 14.9. The Morgan fingerprint density at radius 3 is 2.62 bits per heavy atom. The van der Waals surface area contributed by atoms with Gasteiger partial charge in [0.05, 0.1) is 0 Å². The van der Waals surface area contributed by atoms with E-state index in [2.05, 4.69) is 15.0 Å². The number of pyridine rings is 1. The molecule has 0 saturated heterocycles. The van der Waals surface area contributed by atoms with Crippen molar-refractivity contribution in [2.75, 3.05) is 0 Å². The van der Waals surface area contributed by atoms with E-state index < -0.39 is 23.4 Å². The highest BCUT2D eigenvalue weighted by Crippen LogP contribution is 2.32. The molecule has 110 valence electrons. The summed E-state index contributed by atoms with van der Waals surface area (Å²) in [7, 11) is 0. The molecule has 0 aliphatic carbocycles. The minimum atomic E-state index is -4.87. The van der Waals surface area contributed by atoms with Crippen molar-refractivity contribution >= 4 is 5.97 Å². The van der Waals surface area contributed by atoms with Crippen LogP contribution in [0.25, 0.3) is 11.4 Å². The molecule has 21 heavy (non-hydrogen) atoms. The van der Waals surface area contributed by atoms with Crippen molar-refractivity contribution in [3.63, 3.8) is 0 Å². The molecule has 2 aromatic heterocycles. The number of hydrogen-bond acceptors (Lipinski definition) is 4. The zero-order valence-electron chi connectivity index (χ0n) is 10.8. The molecule has 0 aliphatic heterocycles. The largest absolute Gasteiger partial charge is 0.478 e. The molecule has 8 heteroatoms. The van der Waals surface area contributed by atoms with Crippen molar-refractivity contribution in [3.8, 4) is 11.4 Å². The van der Waals surface area contributed by atoms with Gasteiger partial charge in [0.25, 0.3) is 0 Å². The lowest BCUT2D eigenvalue weighted by Crippen LogP contribution is -2.17. The van der Waals surface area contributed by atoms with Crippen LogP contribution >= 0.6 is 0 Å². The second kappa shape index (κ2) is 5.47. The molecule has 0 aliphatic rings. The Bertz CT molecular complexity index is 687. The number of carbonyl (C=O) groups is 1. The number of halogens is 3. The number of hydrogen-bond donors (Lipinski definition) is 1. The zero-order valence-corrected chi connectivity index (χ0v) is 10.8. The van der Waals surface area contributed by atoms with Crippen molar-refractivity contribution in [2.45, 2.75) is 19.5 Å². The number of alkyl halides is 3. The minimum Gasteiger partial charge on any atom is -0.478 e. The van der Waals surface area contributed by atoms with Crippen LogP contribution in [0.15, 0.2) is 24.7 Å². The number of aryl methyl sites for hydroxylation is 1. The number of aromatic nitrogens is 3. The standard InChI is InChI=1S/C13H10F3N3O2/c1-2-7-5-17-4-3-8(7)11-18-6-9(12(20)21)10(19-11)13(14,15)16/h3-6H,2H2,1H3,(H,20,21). The Morgan fingerprint density at radius 2 is 2.05 bits per heavy atom. The maximum Gasteiger partial charge on any atom is 0.434 e. The van der Waals surface area contributed by atoms with E-state index in [0.717, 1.165) is 0 Å². The molecule has 1 N–H and O–H groups in total. The van der Waals surface area contributed by atoms with Crippen molar-refractivity contribution in [1.29, 1.82) is 0 Å². The fraction of sp³-hybridized carbons (Fsp3) is 0.231. The fourth-order valence-corrected chi connectivity index (χ4v) is 1.81. The Kier molecular flexibility index (Phi) is 3.88. The number of nitrogens with zero attached hydrogens (tertiary/aromatic N) is 3. The zero-order chi connectivity index (χ0) is 15.6. The molecule has 0 spiro atoms. The van der Waals surface area contributed by atoms with Gasteiger partial charge in [-0.1, -0.05) is 6.92 Å². The van der Waals surface area contributed by atoms with Gasteiger partial charge in [-0.2, -0.15) is 13.2 Å². The Balaban J connectivity index is 2.65. The molecule has 0 saturated carbocycles. The molecule has 2 aromatic rings. The first-order chi connectivity index (χ1) is 9.84. The monoisotopic (exact) mass is 297 g/mol. The van der Waals surface area contributed by atoms with Gasteiger partial charge in [-0.05, 0) is 18.1 Å². The summed E-state index contributed by atoms with van der Waals surface area (Å²) in [6, 6.07) is 1.49. The van der Waals surface area contributed by atoms with E-state index >= 15 is 0 Å². The number of carboxylic acids is 1. The van der Waals surface area contributed by atoms with E-state index in [0.29, 0.717) is 23.7 Å². The van der Waals surface area contributed by atoms with Crippen LogP contribution < -0.4 is 0 Å². The summed E-state index contributed by atoms with van der Waals surface area (Å²) in [5.74, 6) is -1.90. The third-order valence-electron chi connectivity index (χ3n) is 2.81. The molecule has 0 radical (unpaired) electrons. The quantitative estimate of drug-likeness (QED) is 0.942. The molecule has 2 heterocycles. The topological polar surface area (TPSA) is 76.0 Å². The summed E-state index contributed by atoms with van der Waals surface area (Å²) in [5, 5.41) is 8.80. The number of carboxylic acid groups (broad SMARTS) is 1. The Hall–Kier alpha value is -2.51. The van der Waals surface area contributed by atoms with Gasteiger partial charge in [0, 0.05) is 24.2 Å². The molecule has 0 fully saturated rings. The highest BCUT2D eigenvalue weighted by molar-refractivity contribution is 5.89. The smallest absolute Gasteiger partial charge is 0.434 e. The number of aromatic carboxylic acids is 1. The lowest BCUT2D eigenvalue weighted by atomic mass is 10.1. The first-order valence-electron chi connectivity index (χ1n) is 5.95. The first-order valence-corrected chi connectivity index (χ1v) is 5.95. The Labute approximate surface area is 117 Å². The SMILES string of the molecule is CCc1cnccc1-c1ncc(C(=O)O)c(C(F)(F)F)n1. The summed E-state index contributed by atoms with van der Waals surface area (Å²) in [4.78, 5) is 21.9. The van der Waals surface area contributed by atoms with Gasteiger partial charge in [0.1, 0.15) is 5.56 Å². The lowest BCUT2D eigenvalue weighted by molar-refractivity contribution is -0.141. The maximum absolute atomic E-state index is 12.9. The van der Waals surface area contributed by atoms with E-state index in [-0.39, 0.29) is 5.82 Å². The van der Waals surface area contributed by atoms with Gasteiger partial charge in [0.15, 0.2) is 11.5 Å². The molecular formula is C13H10F3N3O2. The van der Waals surface area contributed by atoms with Crippen LogP contribution in [0.3, 0.4) is 0 Å². The molecule has 5 nitrogen and oxygen atoms in total. The molecule has 0 unspecified atom stereocenters. The molecule has 2 rings (SSSR count). The van der Waals surface area contributed by atoms with Crippen LogP contribution in [0, 0.1) is 0 Å². The van der Waals surface area contributed by atoms with E-state index in [4.69, 9.17) is 5.11 Å². The average Bonchev–Trinajstić information content (AvgIpc) is 2.45. The average molecular weight is 297 g/mol. The minimum absolute atomic E-state index is 0.174. The van der Waals surface area contributed by atoms with Gasteiger partial charge < -0.3 is 5.11 Å². The van der Waals surface area contributed by atoms with Gasteiger partial charge in [-0.25, -0.2) is 14.8 Å². The van der Waals surface area contributed by atoms with Gasteiger partial charge in [0.2, 0.25) is 0 Å². The van der Waals surface area contributed by atoms with Crippen molar-refractivity contribution < 1.29 is 23.1 Å². The second-order valence-corrected chi connectivity index (χ2v) is 4.15. The predicted molar refractivity (Wildman–Crippen MR) is 66.6 cm³/mol. The van der Waals surface area contributed by atoms with E-state index in [1.54, 1.807) is 0 Å². The fourth-order valence-electron chi connectivity index (χ4n) is 1.81. The normalized spacial score (nSPS) is 11.4. The van der Waals surface area contributed by atoms with Crippen molar-refractivity contribution in [3.05, 3.63) is 41.5 Å². The summed E-state index contributed by atoms with van der Waals surface area (Å²) < 4.78 is 38.8. The van der Waals surface area contributed by atoms with Crippen LogP contribution in [0.2, 0.25) is 0 Å². The Morgan fingerprint density at radius 1 is 1.33 bits per heavy atom. The third kappa shape index (κ3) is 2.99. The predicted octanol–water partition coefficient (Wildman–Crippen LogP) is 2.82. The van der Waals surface area contributed by atoms with Gasteiger partial charge in [-0.15, -0.1) is 0 Å². The summed E-state index contributed by atoms with van der Waals surface area (Å²) in [6.45, 7) is 1.82. The van der Waals surface area contributed by atoms with Crippen LogP contribution in [-0.4, -0.2) is 26.0 Å². The third-order valence-corrected chi connectivity index (χ3v) is 2.81. The van der Waals surface area contributed by atoms with Gasteiger partial charge >= 0.3 is 12.1 Å². The summed E-state index contributed by atoms with van der Waals surface area (Å²) in [6.07, 6.45) is -0.736. The van der Waals surface area contributed by atoms with E-state index in [9.17, 15) is 18.0 Å². The highest BCUT2D eigenvalue weighted by atomic mass is 19.4. The summed E-state index contributed by atoms with van der Waals surface area (Å²) >= 11 is 0. The maximum atomic E-state index is 12.9. The second-order valence-electron chi connectivity index (χ2n) is 4.15. The number of rotatable bonds is 3. The van der Waals surface area contributed by atoms with Crippen molar-refractivity contribution in [2.24, 2.45) is 0 Å². The molecule has 0 amide bonds. The van der Waals surface area contributed by atoms with Crippen LogP contribution in [0.5, 0.6) is 0 Å². The molecule has 0 bridgehead atoms. The van der Waals surface area contributed by atoms with Crippen LogP contribution in [0.1, 0.15) is 28.5 Å². The van der Waals surface area contributed by atoms with Crippen molar-refractivity contribution in [1.82, 2.24) is 15.0 Å². The van der Waals surface area contributed by atoms with Crippen LogP contribution in [-0.2, 0) is 12.6 Å². The molecule has 0 aromatic carbocycles. The highest BCUT2D eigenvalue weighted by Gasteiger charge is 2.38. The van der Waals surface area contributed by atoms with Gasteiger partial charge in [-0.3, -0.25) is 4.98 Å². The van der Waals surface area contributed by atoms with Crippen LogP contribution in [0.4, 0.5) is 13.2 Å².